The van der Waals surface area contributed by atoms with E-state index in [1.807, 2.05) is 0 Å². The molecule has 1 aromatic heterocycles. The molecule has 2 rings (SSSR count). The molecular weight excluding hydrogens is 318 g/mol. The molecule has 23 heavy (non-hydrogen) atoms. The summed E-state index contributed by atoms with van der Waals surface area (Å²) in [6.45, 7) is 4.27. The number of ether oxygens (including phenoxy) is 1. The molecule has 6 nitrogen and oxygen atoms in total. The average molecular weight is 337 g/mol. The van der Waals surface area contributed by atoms with Gasteiger partial charge in [-0.1, -0.05) is 19.9 Å². The van der Waals surface area contributed by atoms with E-state index in [1.165, 1.54) is 34.8 Å². The molecule has 0 unspecified atom stereocenters. The summed E-state index contributed by atoms with van der Waals surface area (Å²) in [4.78, 5) is 12.1. The number of sulfonamides is 1. The van der Waals surface area contributed by atoms with Gasteiger partial charge in [0.15, 0.2) is 0 Å². The first-order valence-electron chi connectivity index (χ1n) is 7.28. The highest BCUT2D eigenvalue weighted by Gasteiger charge is 2.22. The maximum Gasteiger partial charge on any atom is 0.338 e. The molecule has 0 saturated carbocycles. The minimum atomic E-state index is -3.61. The Morgan fingerprint density at radius 3 is 2.52 bits per heavy atom. The number of rotatable bonds is 7. The predicted molar refractivity (Wildman–Crippen MR) is 84.4 cm³/mol. The van der Waals surface area contributed by atoms with Crippen molar-refractivity contribution in [1.29, 1.82) is 0 Å². The third-order valence-corrected chi connectivity index (χ3v) is 5.38. The number of carbonyl (C=O) groups is 1. The molecule has 124 valence electrons. The number of hydrogen-bond donors (Lipinski definition) is 0. The summed E-state index contributed by atoms with van der Waals surface area (Å²) in [5.41, 5.74) is 0.185. The second-order valence-corrected chi connectivity index (χ2v) is 6.71. The van der Waals surface area contributed by atoms with E-state index in [2.05, 4.69) is 0 Å². The Kier molecular flexibility index (Phi) is 5.57. The molecule has 7 heteroatoms. The lowest BCUT2D eigenvalue weighted by Gasteiger charge is -2.18. The van der Waals surface area contributed by atoms with Gasteiger partial charge in [0.05, 0.1) is 16.7 Å². The molecule has 0 aliphatic rings. The first-order valence-corrected chi connectivity index (χ1v) is 8.72. The average Bonchev–Trinajstić information content (AvgIpc) is 3.07. The van der Waals surface area contributed by atoms with Crippen LogP contribution in [0.3, 0.4) is 0 Å². The van der Waals surface area contributed by atoms with Crippen LogP contribution in [0.25, 0.3) is 0 Å². The van der Waals surface area contributed by atoms with E-state index >= 15 is 0 Å². The number of nitrogens with zero attached hydrogens (tertiary/aromatic N) is 1. The van der Waals surface area contributed by atoms with Crippen molar-refractivity contribution in [3.8, 4) is 0 Å². The van der Waals surface area contributed by atoms with Crippen LogP contribution in [-0.4, -0.2) is 31.8 Å². The lowest BCUT2D eigenvalue weighted by atomic mass is 10.2. The Balaban J connectivity index is 2.17. The van der Waals surface area contributed by atoms with Crippen molar-refractivity contribution in [3.63, 3.8) is 0 Å². The molecule has 0 spiro atoms. The first-order chi connectivity index (χ1) is 11.0. The maximum absolute atomic E-state index is 12.5. The standard InChI is InChI=1S/C16H19NO5S/c1-3-17(4-2)23(19,20)15-9-5-7-13(11-15)16(18)22-12-14-8-6-10-21-14/h5-11H,3-4,12H2,1-2H3. The third kappa shape index (κ3) is 4.00. The van der Waals surface area contributed by atoms with Gasteiger partial charge in [0.25, 0.3) is 0 Å². The molecule has 0 atom stereocenters. The summed E-state index contributed by atoms with van der Waals surface area (Å²) in [6.07, 6.45) is 1.49. The molecule has 0 radical (unpaired) electrons. The molecule has 0 amide bonds. The van der Waals surface area contributed by atoms with E-state index in [0.29, 0.717) is 18.8 Å². The molecule has 0 saturated heterocycles. The summed E-state index contributed by atoms with van der Waals surface area (Å²) < 4.78 is 36.5. The van der Waals surface area contributed by atoms with Gasteiger partial charge in [-0.3, -0.25) is 0 Å². The van der Waals surface area contributed by atoms with Crippen LogP contribution in [0.15, 0.2) is 52.0 Å². The number of furan rings is 1. The summed E-state index contributed by atoms with van der Waals surface area (Å²) in [6, 6.07) is 9.23. The lowest BCUT2D eigenvalue weighted by molar-refractivity contribution is 0.0445. The van der Waals surface area contributed by atoms with Gasteiger partial charge in [-0.2, -0.15) is 4.31 Å². The van der Waals surface area contributed by atoms with Crippen molar-refractivity contribution in [1.82, 2.24) is 4.31 Å². The van der Waals surface area contributed by atoms with Crippen molar-refractivity contribution in [2.24, 2.45) is 0 Å². The van der Waals surface area contributed by atoms with E-state index in [9.17, 15) is 13.2 Å². The van der Waals surface area contributed by atoms with Crippen molar-refractivity contribution in [2.75, 3.05) is 13.1 Å². The monoisotopic (exact) mass is 337 g/mol. The second kappa shape index (κ2) is 7.43. The minimum Gasteiger partial charge on any atom is -0.466 e. The highest BCUT2D eigenvalue weighted by atomic mass is 32.2. The number of esters is 1. The molecule has 0 aliphatic heterocycles. The fourth-order valence-corrected chi connectivity index (χ4v) is 3.62. The van der Waals surface area contributed by atoms with Crippen LogP contribution in [0.2, 0.25) is 0 Å². The van der Waals surface area contributed by atoms with Crippen LogP contribution in [0, 0.1) is 0 Å². The topological polar surface area (TPSA) is 76.8 Å². The quantitative estimate of drug-likeness (QED) is 0.726. The van der Waals surface area contributed by atoms with Crippen molar-refractivity contribution >= 4 is 16.0 Å². The normalized spacial score (nSPS) is 11.6. The largest absolute Gasteiger partial charge is 0.466 e. The Morgan fingerprint density at radius 1 is 1.17 bits per heavy atom. The molecule has 0 fully saturated rings. The first kappa shape index (κ1) is 17.2. The Morgan fingerprint density at radius 2 is 1.91 bits per heavy atom. The third-order valence-electron chi connectivity index (χ3n) is 3.34. The highest BCUT2D eigenvalue weighted by Crippen LogP contribution is 2.18. The Labute approximate surface area is 135 Å². The number of benzene rings is 1. The van der Waals surface area contributed by atoms with E-state index in [-0.39, 0.29) is 17.1 Å². The van der Waals surface area contributed by atoms with Gasteiger partial charge < -0.3 is 9.15 Å². The van der Waals surface area contributed by atoms with Gasteiger partial charge in [0, 0.05) is 13.1 Å². The lowest BCUT2D eigenvalue weighted by Crippen LogP contribution is -2.30. The molecule has 1 aromatic carbocycles. The Hall–Kier alpha value is -2.12. The summed E-state index contributed by atoms with van der Waals surface area (Å²) >= 11 is 0. The molecule has 0 aliphatic carbocycles. The van der Waals surface area contributed by atoms with Gasteiger partial charge in [0.2, 0.25) is 10.0 Å². The van der Waals surface area contributed by atoms with Crippen LogP contribution >= 0.6 is 0 Å². The van der Waals surface area contributed by atoms with Crippen LogP contribution in [0.4, 0.5) is 0 Å². The van der Waals surface area contributed by atoms with Gasteiger partial charge in [-0.15, -0.1) is 0 Å². The number of carbonyl (C=O) groups excluding carboxylic acids is 1. The molecule has 0 N–H and O–H groups in total. The molecule has 1 heterocycles. The zero-order valence-corrected chi connectivity index (χ0v) is 13.9. The second-order valence-electron chi connectivity index (χ2n) is 4.77. The van der Waals surface area contributed by atoms with Crippen molar-refractivity contribution in [2.45, 2.75) is 25.3 Å². The van der Waals surface area contributed by atoms with Crippen LogP contribution in [0.1, 0.15) is 30.0 Å². The zero-order valence-electron chi connectivity index (χ0n) is 13.1. The van der Waals surface area contributed by atoms with Crippen molar-refractivity contribution < 1.29 is 22.4 Å². The summed E-state index contributed by atoms with van der Waals surface area (Å²) in [5.74, 6) is -0.0803. The van der Waals surface area contributed by atoms with Crippen LogP contribution in [-0.2, 0) is 21.4 Å². The van der Waals surface area contributed by atoms with E-state index < -0.39 is 16.0 Å². The summed E-state index contributed by atoms with van der Waals surface area (Å²) in [5, 5.41) is 0. The fraction of sp³-hybridized carbons (Fsp3) is 0.312. The number of hydrogen-bond acceptors (Lipinski definition) is 5. The SMILES string of the molecule is CCN(CC)S(=O)(=O)c1cccc(C(=O)OCc2ccco2)c1. The van der Waals surface area contributed by atoms with E-state index in [0.717, 1.165) is 0 Å². The maximum atomic E-state index is 12.5. The van der Waals surface area contributed by atoms with Crippen LogP contribution < -0.4 is 0 Å². The van der Waals surface area contributed by atoms with Gasteiger partial charge >= 0.3 is 5.97 Å². The van der Waals surface area contributed by atoms with E-state index in [1.54, 1.807) is 26.0 Å². The van der Waals surface area contributed by atoms with Gasteiger partial charge in [-0.05, 0) is 30.3 Å². The molecular formula is C16H19NO5S. The summed E-state index contributed by atoms with van der Waals surface area (Å²) in [7, 11) is -3.61. The molecule has 2 aromatic rings. The fourth-order valence-electron chi connectivity index (χ4n) is 2.11. The van der Waals surface area contributed by atoms with Gasteiger partial charge in [-0.25, -0.2) is 13.2 Å². The predicted octanol–water partition coefficient (Wildman–Crippen LogP) is 2.67. The molecule has 0 bridgehead atoms. The highest BCUT2D eigenvalue weighted by molar-refractivity contribution is 7.89. The smallest absolute Gasteiger partial charge is 0.338 e. The zero-order chi connectivity index (χ0) is 16.9. The van der Waals surface area contributed by atoms with Gasteiger partial charge in [0.1, 0.15) is 12.4 Å². The van der Waals surface area contributed by atoms with Crippen LogP contribution in [0.5, 0.6) is 0 Å². The Bertz CT molecular complexity index is 749. The van der Waals surface area contributed by atoms with E-state index in [4.69, 9.17) is 9.15 Å². The minimum absolute atomic E-state index is 0.00113. The van der Waals surface area contributed by atoms with Crippen molar-refractivity contribution in [3.05, 3.63) is 54.0 Å².